The van der Waals surface area contributed by atoms with Gasteiger partial charge < -0.3 is 9.80 Å². The predicted octanol–water partition coefficient (Wildman–Crippen LogP) is 4.54. The first kappa shape index (κ1) is 24.5. The molecule has 0 bridgehead atoms. The standard InChI is InChI=1S/C20H22F6N2O3S/c1-12(29)13-2-3-14(32-13)17(31)27-7-4-18(5-8-27)6-9-28(11-18)16(30)10-15(19(21,22)23)20(24,25)26/h2-3,15H,4-11H2,1H3. The number of halogens is 6. The van der Waals surface area contributed by atoms with E-state index < -0.39 is 36.0 Å². The summed E-state index contributed by atoms with van der Waals surface area (Å²) >= 11 is 1.10. The highest BCUT2D eigenvalue weighted by atomic mass is 32.1. The Morgan fingerprint density at radius 1 is 0.938 bits per heavy atom. The van der Waals surface area contributed by atoms with Crippen molar-refractivity contribution in [2.24, 2.45) is 11.3 Å². The monoisotopic (exact) mass is 484 g/mol. The number of Topliss-reactive ketones (excluding diaryl/α,β-unsaturated/α-hetero) is 1. The molecule has 0 saturated carbocycles. The molecular formula is C20H22F6N2O3S. The van der Waals surface area contributed by atoms with Gasteiger partial charge >= 0.3 is 12.4 Å². The molecule has 2 aliphatic heterocycles. The smallest absolute Gasteiger partial charge is 0.342 e. The van der Waals surface area contributed by atoms with Crippen LogP contribution in [0.4, 0.5) is 26.3 Å². The van der Waals surface area contributed by atoms with E-state index in [1.54, 1.807) is 17.0 Å². The number of rotatable bonds is 4. The Morgan fingerprint density at radius 2 is 1.44 bits per heavy atom. The van der Waals surface area contributed by atoms with Crippen molar-refractivity contribution in [3.63, 3.8) is 0 Å². The summed E-state index contributed by atoms with van der Waals surface area (Å²) in [4.78, 5) is 39.9. The molecule has 2 fully saturated rings. The van der Waals surface area contributed by atoms with Crippen LogP contribution in [-0.4, -0.2) is 65.9 Å². The third kappa shape index (κ3) is 5.26. The maximum absolute atomic E-state index is 12.8. The van der Waals surface area contributed by atoms with Crippen LogP contribution in [0.1, 0.15) is 52.0 Å². The zero-order chi connectivity index (χ0) is 23.9. The van der Waals surface area contributed by atoms with Gasteiger partial charge in [0.2, 0.25) is 5.91 Å². The molecule has 178 valence electrons. The van der Waals surface area contributed by atoms with Gasteiger partial charge in [-0.25, -0.2) is 0 Å². The third-order valence-electron chi connectivity index (χ3n) is 6.24. The second-order valence-corrected chi connectivity index (χ2v) is 9.50. The van der Waals surface area contributed by atoms with Crippen LogP contribution in [0.2, 0.25) is 0 Å². The largest absolute Gasteiger partial charge is 0.400 e. The fourth-order valence-electron chi connectivity index (χ4n) is 4.26. The van der Waals surface area contributed by atoms with Crippen LogP contribution in [0.25, 0.3) is 0 Å². The molecule has 1 spiro atoms. The van der Waals surface area contributed by atoms with Gasteiger partial charge in [0.05, 0.1) is 9.75 Å². The minimum absolute atomic E-state index is 0.0871. The zero-order valence-electron chi connectivity index (χ0n) is 17.2. The number of alkyl halides is 6. The minimum Gasteiger partial charge on any atom is -0.342 e. The lowest BCUT2D eigenvalue weighted by Crippen LogP contribution is -2.45. The minimum atomic E-state index is -5.54. The second kappa shape index (κ2) is 8.68. The van der Waals surface area contributed by atoms with Gasteiger partial charge in [0.15, 0.2) is 11.7 Å². The Kier molecular flexibility index (Phi) is 6.65. The normalized spacial score (nSPS) is 19.1. The first-order valence-electron chi connectivity index (χ1n) is 10.0. The average molecular weight is 484 g/mol. The van der Waals surface area contributed by atoms with E-state index in [0.717, 1.165) is 16.2 Å². The van der Waals surface area contributed by atoms with E-state index in [1.807, 2.05) is 0 Å². The summed E-state index contributed by atoms with van der Waals surface area (Å²) in [5, 5.41) is 0. The fourth-order valence-corrected chi connectivity index (χ4v) is 5.13. The highest BCUT2D eigenvalue weighted by Gasteiger charge is 2.58. The van der Waals surface area contributed by atoms with Gasteiger partial charge in [0.25, 0.3) is 5.91 Å². The Hall–Kier alpha value is -2.11. The Labute approximate surface area is 184 Å². The summed E-state index contributed by atoms with van der Waals surface area (Å²) in [6, 6.07) is 3.17. The lowest BCUT2D eigenvalue weighted by Gasteiger charge is -2.39. The zero-order valence-corrected chi connectivity index (χ0v) is 18.0. The van der Waals surface area contributed by atoms with Crippen LogP contribution in [0.15, 0.2) is 12.1 Å². The number of carbonyl (C=O) groups is 3. The maximum Gasteiger partial charge on any atom is 0.400 e. The van der Waals surface area contributed by atoms with E-state index in [2.05, 4.69) is 0 Å². The number of thiophene rings is 1. The molecule has 0 aromatic carbocycles. The molecule has 2 saturated heterocycles. The molecule has 12 heteroatoms. The van der Waals surface area contributed by atoms with Crippen LogP contribution < -0.4 is 0 Å². The van der Waals surface area contributed by atoms with E-state index in [1.165, 1.54) is 6.92 Å². The average Bonchev–Trinajstić information content (AvgIpc) is 3.32. The van der Waals surface area contributed by atoms with Crippen molar-refractivity contribution in [3.8, 4) is 0 Å². The van der Waals surface area contributed by atoms with E-state index in [0.29, 0.717) is 42.1 Å². The molecule has 1 aromatic rings. The lowest BCUT2D eigenvalue weighted by atomic mass is 9.77. The van der Waals surface area contributed by atoms with Crippen molar-refractivity contribution in [1.29, 1.82) is 0 Å². The van der Waals surface area contributed by atoms with Crippen molar-refractivity contribution in [1.82, 2.24) is 9.80 Å². The van der Waals surface area contributed by atoms with E-state index >= 15 is 0 Å². The second-order valence-electron chi connectivity index (χ2n) is 8.42. The van der Waals surface area contributed by atoms with Gasteiger partial charge in [0, 0.05) is 32.6 Å². The van der Waals surface area contributed by atoms with Crippen molar-refractivity contribution in [2.75, 3.05) is 26.2 Å². The Bertz CT molecular complexity index is 873. The molecule has 0 unspecified atom stereocenters. The number of likely N-dealkylation sites (tertiary alicyclic amines) is 2. The first-order valence-corrected chi connectivity index (χ1v) is 10.8. The van der Waals surface area contributed by atoms with Gasteiger partial charge in [-0.15, -0.1) is 11.3 Å². The maximum atomic E-state index is 12.8. The summed E-state index contributed by atoms with van der Waals surface area (Å²) in [7, 11) is 0. The number of nitrogens with zero attached hydrogens (tertiary/aromatic N) is 2. The molecule has 0 N–H and O–H groups in total. The number of carbonyl (C=O) groups excluding carboxylic acids is 3. The highest BCUT2D eigenvalue weighted by Crippen LogP contribution is 2.44. The number of hydrogen-bond acceptors (Lipinski definition) is 4. The number of amides is 2. The SMILES string of the molecule is CC(=O)c1ccc(C(=O)N2CCC3(CCN(C(=O)CC(C(F)(F)F)C(F)(F)F)C3)CC2)s1. The van der Waals surface area contributed by atoms with E-state index in [4.69, 9.17) is 0 Å². The highest BCUT2D eigenvalue weighted by molar-refractivity contribution is 7.15. The van der Waals surface area contributed by atoms with Gasteiger partial charge in [-0.2, -0.15) is 26.3 Å². The summed E-state index contributed by atoms with van der Waals surface area (Å²) in [5.74, 6) is -5.19. The van der Waals surface area contributed by atoms with E-state index in [-0.39, 0.29) is 24.8 Å². The predicted molar refractivity (Wildman–Crippen MR) is 103 cm³/mol. The lowest BCUT2D eigenvalue weighted by molar-refractivity contribution is -0.284. The summed E-state index contributed by atoms with van der Waals surface area (Å²) in [5.41, 5.74) is -0.418. The number of piperidine rings is 1. The number of ketones is 1. The Morgan fingerprint density at radius 3 is 1.91 bits per heavy atom. The molecular weight excluding hydrogens is 462 g/mol. The van der Waals surface area contributed by atoms with Gasteiger partial charge in [-0.05, 0) is 43.7 Å². The molecule has 3 heterocycles. The molecule has 1 aromatic heterocycles. The van der Waals surface area contributed by atoms with Gasteiger partial charge in [-0.1, -0.05) is 0 Å². The van der Waals surface area contributed by atoms with Crippen LogP contribution in [0.5, 0.6) is 0 Å². The van der Waals surface area contributed by atoms with Crippen LogP contribution >= 0.6 is 11.3 Å². The molecule has 3 rings (SSSR count). The quantitative estimate of drug-likeness (QED) is 0.466. The van der Waals surface area contributed by atoms with Crippen LogP contribution in [0, 0.1) is 11.3 Å². The van der Waals surface area contributed by atoms with Gasteiger partial charge in [0.1, 0.15) is 0 Å². The van der Waals surface area contributed by atoms with Crippen molar-refractivity contribution in [3.05, 3.63) is 21.9 Å². The fraction of sp³-hybridized carbons (Fsp3) is 0.650. The van der Waals surface area contributed by atoms with Crippen molar-refractivity contribution >= 4 is 28.9 Å². The number of hydrogen-bond donors (Lipinski definition) is 0. The Balaban J connectivity index is 1.58. The molecule has 0 aliphatic carbocycles. The molecule has 0 radical (unpaired) electrons. The summed E-state index contributed by atoms with van der Waals surface area (Å²) < 4.78 is 76.6. The van der Waals surface area contributed by atoms with Gasteiger partial charge in [-0.3, -0.25) is 14.4 Å². The molecule has 2 amide bonds. The topological polar surface area (TPSA) is 57.7 Å². The van der Waals surface area contributed by atoms with Crippen molar-refractivity contribution in [2.45, 2.75) is 45.0 Å². The summed E-state index contributed by atoms with van der Waals surface area (Å²) in [6.45, 7) is 2.32. The first-order chi connectivity index (χ1) is 14.7. The third-order valence-corrected chi connectivity index (χ3v) is 7.41. The van der Waals surface area contributed by atoms with Crippen LogP contribution in [-0.2, 0) is 4.79 Å². The van der Waals surface area contributed by atoms with E-state index in [9.17, 15) is 40.7 Å². The summed E-state index contributed by atoms with van der Waals surface area (Å²) in [6.07, 6.45) is -11.3. The molecule has 32 heavy (non-hydrogen) atoms. The molecule has 0 atom stereocenters. The molecule has 5 nitrogen and oxygen atoms in total. The van der Waals surface area contributed by atoms with Crippen LogP contribution in [0.3, 0.4) is 0 Å². The van der Waals surface area contributed by atoms with Crippen molar-refractivity contribution < 1.29 is 40.7 Å². The molecule has 2 aliphatic rings.